The molecule has 0 atom stereocenters. The van der Waals surface area contributed by atoms with Crippen molar-refractivity contribution in [2.24, 2.45) is 0 Å². The number of nitrogens with zero attached hydrogens (tertiary/aromatic N) is 2. The minimum absolute atomic E-state index is 0.217. The molecule has 0 aliphatic carbocycles. The van der Waals surface area contributed by atoms with E-state index in [4.69, 9.17) is 17.3 Å². The molecule has 3 nitrogen and oxygen atoms in total. The van der Waals surface area contributed by atoms with Crippen LogP contribution < -0.4 is 5.73 Å². The number of rotatable bonds is 1. The first kappa shape index (κ1) is 11.8. The fourth-order valence-corrected chi connectivity index (χ4v) is 1.66. The van der Waals surface area contributed by atoms with Gasteiger partial charge in [0.15, 0.2) is 0 Å². The Kier molecular flexibility index (Phi) is 2.98. The summed E-state index contributed by atoms with van der Waals surface area (Å²) in [5.41, 5.74) is 7.88. The molecule has 0 saturated heterocycles. The molecule has 0 amide bonds. The molecule has 0 aliphatic heterocycles. The zero-order valence-corrected chi connectivity index (χ0v) is 10.2. The molecule has 1 aromatic carbocycles. The van der Waals surface area contributed by atoms with Gasteiger partial charge in [-0.05, 0) is 32.0 Å². The standard InChI is InChI=1S/C12H11ClFN3/c1-6-7(2)17-12(15)11(16-6)9-4-3-8(13)5-10(9)14/h3-5H,1-2H3,(H2,15,17). The van der Waals surface area contributed by atoms with Crippen LogP contribution in [-0.4, -0.2) is 9.97 Å². The Labute approximate surface area is 103 Å². The summed E-state index contributed by atoms with van der Waals surface area (Å²) < 4.78 is 13.7. The van der Waals surface area contributed by atoms with Crippen molar-refractivity contribution in [3.8, 4) is 11.3 Å². The number of nitrogens with two attached hydrogens (primary N) is 1. The van der Waals surface area contributed by atoms with Gasteiger partial charge < -0.3 is 5.73 Å². The zero-order valence-electron chi connectivity index (χ0n) is 9.46. The minimum atomic E-state index is -0.457. The van der Waals surface area contributed by atoms with Gasteiger partial charge in [0.2, 0.25) is 0 Å². The summed E-state index contributed by atoms with van der Waals surface area (Å²) in [7, 11) is 0. The molecule has 0 spiro atoms. The predicted octanol–water partition coefficient (Wildman–Crippen LogP) is 3.14. The van der Waals surface area contributed by atoms with Crippen LogP contribution >= 0.6 is 11.6 Å². The fourth-order valence-electron chi connectivity index (χ4n) is 1.50. The van der Waals surface area contributed by atoms with Gasteiger partial charge in [-0.2, -0.15) is 0 Å². The molecule has 0 unspecified atom stereocenters. The Morgan fingerprint density at radius 1 is 1.18 bits per heavy atom. The second kappa shape index (κ2) is 4.30. The summed E-state index contributed by atoms with van der Waals surface area (Å²) in [6.07, 6.45) is 0. The van der Waals surface area contributed by atoms with Crippen molar-refractivity contribution < 1.29 is 4.39 Å². The van der Waals surface area contributed by atoms with E-state index in [1.807, 2.05) is 0 Å². The molecular formula is C12H11ClFN3. The van der Waals surface area contributed by atoms with E-state index in [2.05, 4.69) is 9.97 Å². The van der Waals surface area contributed by atoms with Crippen LogP contribution in [0.25, 0.3) is 11.3 Å². The Morgan fingerprint density at radius 2 is 1.82 bits per heavy atom. The van der Waals surface area contributed by atoms with Crippen LogP contribution in [-0.2, 0) is 0 Å². The molecule has 0 fully saturated rings. The first-order valence-electron chi connectivity index (χ1n) is 5.05. The Balaban J connectivity index is 2.64. The van der Waals surface area contributed by atoms with Crippen molar-refractivity contribution in [3.63, 3.8) is 0 Å². The van der Waals surface area contributed by atoms with Crippen molar-refractivity contribution in [2.75, 3.05) is 5.73 Å². The van der Waals surface area contributed by atoms with E-state index in [1.165, 1.54) is 6.07 Å². The molecule has 2 aromatic rings. The number of hydrogen-bond acceptors (Lipinski definition) is 3. The number of nitrogen functional groups attached to an aromatic ring is 1. The van der Waals surface area contributed by atoms with E-state index in [-0.39, 0.29) is 5.82 Å². The van der Waals surface area contributed by atoms with Crippen LogP contribution in [0.5, 0.6) is 0 Å². The predicted molar refractivity (Wildman–Crippen MR) is 66.3 cm³/mol. The molecule has 2 rings (SSSR count). The topological polar surface area (TPSA) is 51.8 Å². The highest BCUT2D eigenvalue weighted by atomic mass is 35.5. The lowest BCUT2D eigenvalue weighted by atomic mass is 10.1. The lowest BCUT2D eigenvalue weighted by molar-refractivity contribution is 0.630. The summed E-state index contributed by atoms with van der Waals surface area (Å²) >= 11 is 5.69. The van der Waals surface area contributed by atoms with Gasteiger partial charge in [0.05, 0.1) is 11.4 Å². The van der Waals surface area contributed by atoms with Crippen LogP contribution in [0, 0.1) is 19.7 Å². The van der Waals surface area contributed by atoms with Crippen molar-refractivity contribution in [2.45, 2.75) is 13.8 Å². The molecule has 0 radical (unpaired) electrons. The van der Waals surface area contributed by atoms with E-state index in [1.54, 1.807) is 26.0 Å². The van der Waals surface area contributed by atoms with Crippen LogP contribution in [0.4, 0.5) is 10.2 Å². The van der Waals surface area contributed by atoms with Gasteiger partial charge in [-0.1, -0.05) is 11.6 Å². The highest BCUT2D eigenvalue weighted by molar-refractivity contribution is 6.30. The highest BCUT2D eigenvalue weighted by Crippen LogP contribution is 2.27. The summed E-state index contributed by atoms with van der Waals surface area (Å²) in [6, 6.07) is 4.37. The highest BCUT2D eigenvalue weighted by Gasteiger charge is 2.13. The van der Waals surface area contributed by atoms with E-state index < -0.39 is 5.82 Å². The molecule has 0 saturated carbocycles. The number of hydrogen-bond donors (Lipinski definition) is 1. The molecule has 1 heterocycles. The second-order valence-electron chi connectivity index (χ2n) is 3.75. The third-order valence-electron chi connectivity index (χ3n) is 2.52. The molecule has 1 aromatic heterocycles. The third kappa shape index (κ3) is 2.22. The second-order valence-corrected chi connectivity index (χ2v) is 4.19. The van der Waals surface area contributed by atoms with Gasteiger partial charge in [-0.3, -0.25) is 0 Å². The van der Waals surface area contributed by atoms with Crippen molar-refractivity contribution in [3.05, 3.63) is 40.4 Å². The lowest BCUT2D eigenvalue weighted by Crippen LogP contribution is -2.03. The molecule has 17 heavy (non-hydrogen) atoms. The maximum Gasteiger partial charge on any atom is 0.150 e. The van der Waals surface area contributed by atoms with Gasteiger partial charge in [0, 0.05) is 10.6 Å². The molecule has 0 bridgehead atoms. The van der Waals surface area contributed by atoms with Gasteiger partial charge in [0.25, 0.3) is 0 Å². The molecule has 0 aliphatic rings. The smallest absolute Gasteiger partial charge is 0.150 e. The first-order chi connectivity index (χ1) is 7.99. The molecule has 5 heteroatoms. The van der Waals surface area contributed by atoms with Gasteiger partial charge in [-0.15, -0.1) is 0 Å². The summed E-state index contributed by atoms with van der Waals surface area (Å²) in [5, 5.41) is 0.335. The Hall–Kier alpha value is -1.68. The maximum absolute atomic E-state index is 13.7. The summed E-state index contributed by atoms with van der Waals surface area (Å²) in [6.45, 7) is 3.61. The number of aromatic nitrogens is 2. The Morgan fingerprint density at radius 3 is 2.47 bits per heavy atom. The SMILES string of the molecule is Cc1nc(N)c(-c2ccc(Cl)cc2F)nc1C. The number of halogens is 2. The average Bonchev–Trinajstić information content (AvgIpc) is 2.24. The van der Waals surface area contributed by atoms with Crippen LogP contribution in [0.1, 0.15) is 11.4 Å². The molecule has 88 valence electrons. The number of aryl methyl sites for hydroxylation is 2. The van der Waals surface area contributed by atoms with Crippen molar-refractivity contribution in [1.82, 2.24) is 9.97 Å². The summed E-state index contributed by atoms with van der Waals surface area (Å²) in [5.74, 6) is -0.240. The molecule has 2 N–H and O–H groups in total. The van der Waals surface area contributed by atoms with E-state index >= 15 is 0 Å². The van der Waals surface area contributed by atoms with Crippen LogP contribution in [0.2, 0.25) is 5.02 Å². The van der Waals surface area contributed by atoms with Crippen LogP contribution in [0.15, 0.2) is 18.2 Å². The van der Waals surface area contributed by atoms with Gasteiger partial charge in [0.1, 0.15) is 17.3 Å². The largest absolute Gasteiger partial charge is 0.382 e. The number of benzene rings is 1. The van der Waals surface area contributed by atoms with E-state index in [9.17, 15) is 4.39 Å². The van der Waals surface area contributed by atoms with Crippen LogP contribution in [0.3, 0.4) is 0 Å². The lowest BCUT2D eigenvalue weighted by Gasteiger charge is -2.08. The van der Waals surface area contributed by atoms with Gasteiger partial charge in [-0.25, -0.2) is 14.4 Å². The minimum Gasteiger partial charge on any atom is -0.382 e. The maximum atomic E-state index is 13.7. The normalized spacial score (nSPS) is 10.6. The van der Waals surface area contributed by atoms with Crippen molar-refractivity contribution >= 4 is 17.4 Å². The quantitative estimate of drug-likeness (QED) is 0.847. The van der Waals surface area contributed by atoms with Gasteiger partial charge >= 0.3 is 0 Å². The summed E-state index contributed by atoms with van der Waals surface area (Å²) in [4.78, 5) is 8.39. The molecular weight excluding hydrogens is 241 g/mol. The number of anilines is 1. The Bertz CT molecular complexity index is 584. The van der Waals surface area contributed by atoms with E-state index in [0.29, 0.717) is 16.3 Å². The average molecular weight is 252 g/mol. The first-order valence-corrected chi connectivity index (χ1v) is 5.43. The zero-order chi connectivity index (χ0) is 12.6. The third-order valence-corrected chi connectivity index (χ3v) is 2.76. The monoisotopic (exact) mass is 251 g/mol. The van der Waals surface area contributed by atoms with E-state index in [0.717, 1.165) is 11.4 Å². The fraction of sp³-hybridized carbons (Fsp3) is 0.167. The van der Waals surface area contributed by atoms with Crippen molar-refractivity contribution in [1.29, 1.82) is 0 Å².